The third-order valence-electron chi connectivity index (χ3n) is 6.23. The molecule has 0 radical (unpaired) electrons. The average molecular weight is 418 g/mol. The first kappa shape index (κ1) is 20.0. The molecule has 7 nitrogen and oxygen atoms in total. The fourth-order valence-electron chi connectivity index (χ4n) is 4.77. The molecule has 2 saturated carbocycles. The Morgan fingerprint density at radius 1 is 1.17 bits per heavy atom. The predicted octanol–water partition coefficient (Wildman–Crippen LogP) is 3.70. The van der Waals surface area contributed by atoms with E-state index in [1.54, 1.807) is 30.7 Å². The summed E-state index contributed by atoms with van der Waals surface area (Å²) in [5.41, 5.74) is 1.38. The molecule has 2 fully saturated rings. The topological polar surface area (TPSA) is 100 Å². The van der Waals surface area contributed by atoms with Crippen molar-refractivity contribution in [1.82, 2.24) is 10.0 Å². The lowest BCUT2D eigenvalue weighted by Crippen LogP contribution is -2.40. The van der Waals surface area contributed by atoms with E-state index in [-0.39, 0.29) is 17.0 Å². The van der Waals surface area contributed by atoms with Crippen LogP contribution in [-0.4, -0.2) is 20.5 Å². The largest absolute Gasteiger partial charge is 0.472 e. The molecular formula is C21H27N3O4S. The van der Waals surface area contributed by atoms with E-state index in [1.165, 1.54) is 31.4 Å². The first-order valence-corrected chi connectivity index (χ1v) is 11.6. The number of carbonyl (C=O) groups excluding carboxylic acids is 1. The van der Waals surface area contributed by atoms with Crippen LogP contribution in [0.1, 0.15) is 38.2 Å². The second kappa shape index (κ2) is 8.20. The summed E-state index contributed by atoms with van der Waals surface area (Å²) in [7, 11) is -3.59. The lowest BCUT2D eigenvalue weighted by molar-refractivity contribution is 0.251. The molecule has 4 rings (SSSR count). The van der Waals surface area contributed by atoms with Gasteiger partial charge in [-0.15, -0.1) is 0 Å². The van der Waals surface area contributed by atoms with E-state index in [2.05, 4.69) is 15.4 Å². The highest BCUT2D eigenvalue weighted by molar-refractivity contribution is 7.89. The number of benzene rings is 1. The molecule has 2 amide bonds. The molecule has 2 aromatic rings. The van der Waals surface area contributed by atoms with Crippen LogP contribution in [0.4, 0.5) is 10.5 Å². The van der Waals surface area contributed by atoms with Gasteiger partial charge >= 0.3 is 6.03 Å². The van der Waals surface area contributed by atoms with Crippen LogP contribution in [0.3, 0.4) is 0 Å². The number of furan rings is 1. The van der Waals surface area contributed by atoms with Crippen LogP contribution in [0, 0.1) is 17.8 Å². The number of urea groups is 1. The Kier molecular flexibility index (Phi) is 5.65. The second-order valence-electron chi connectivity index (χ2n) is 8.21. The highest BCUT2D eigenvalue weighted by Crippen LogP contribution is 2.49. The van der Waals surface area contributed by atoms with Gasteiger partial charge in [0.25, 0.3) is 0 Å². The maximum absolute atomic E-state index is 12.8. The predicted molar refractivity (Wildman–Crippen MR) is 110 cm³/mol. The minimum absolute atomic E-state index is 0.0678. The van der Waals surface area contributed by atoms with Crippen LogP contribution in [0.25, 0.3) is 0 Å². The summed E-state index contributed by atoms with van der Waals surface area (Å²) in [6.45, 7) is 2.32. The van der Waals surface area contributed by atoms with Crippen molar-refractivity contribution in [3.63, 3.8) is 0 Å². The van der Waals surface area contributed by atoms with Crippen molar-refractivity contribution in [2.75, 3.05) is 5.32 Å². The lowest BCUT2D eigenvalue weighted by atomic mass is 9.84. The van der Waals surface area contributed by atoms with Crippen molar-refractivity contribution in [1.29, 1.82) is 0 Å². The molecule has 4 atom stereocenters. The Labute approximate surface area is 171 Å². The van der Waals surface area contributed by atoms with Crippen molar-refractivity contribution >= 4 is 21.7 Å². The third kappa shape index (κ3) is 4.64. The Morgan fingerprint density at radius 2 is 1.97 bits per heavy atom. The van der Waals surface area contributed by atoms with Gasteiger partial charge < -0.3 is 15.1 Å². The zero-order valence-electron chi connectivity index (χ0n) is 16.4. The van der Waals surface area contributed by atoms with Gasteiger partial charge in [-0.3, -0.25) is 0 Å². The van der Waals surface area contributed by atoms with E-state index in [9.17, 15) is 13.2 Å². The minimum Gasteiger partial charge on any atom is -0.472 e. The van der Waals surface area contributed by atoms with E-state index < -0.39 is 10.0 Å². The summed E-state index contributed by atoms with van der Waals surface area (Å²) in [5, 5.41) is 5.40. The smallest absolute Gasteiger partial charge is 0.319 e. The molecule has 3 N–H and O–H groups in total. The Bertz CT molecular complexity index is 941. The zero-order valence-corrected chi connectivity index (χ0v) is 17.2. The fourth-order valence-corrected chi connectivity index (χ4v) is 6.07. The quantitative estimate of drug-likeness (QED) is 0.639. The number of anilines is 1. The van der Waals surface area contributed by atoms with Gasteiger partial charge in [-0.2, -0.15) is 0 Å². The van der Waals surface area contributed by atoms with Gasteiger partial charge in [-0.05, 0) is 74.3 Å². The van der Waals surface area contributed by atoms with E-state index >= 15 is 0 Å². The van der Waals surface area contributed by atoms with Crippen molar-refractivity contribution < 1.29 is 17.6 Å². The molecule has 8 heteroatoms. The Hall–Kier alpha value is -2.32. The number of nitrogens with one attached hydrogen (secondary N) is 3. The number of carbonyl (C=O) groups is 1. The summed E-state index contributed by atoms with van der Waals surface area (Å²) in [4.78, 5) is 12.2. The maximum Gasteiger partial charge on any atom is 0.319 e. The van der Waals surface area contributed by atoms with Gasteiger partial charge in [0.15, 0.2) is 0 Å². The Balaban J connectivity index is 1.32. The first-order valence-electron chi connectivity index (χ1n) is 10.1. The number of sulfonamides is 1. The molecule has 2 bridgehead atoms. The van der Waals surface area contributed by atoms with Gasteiger partial charge in [0.05, 0.1) is 17.4 Å². The second-order valence-corrected chi connectivity index (χ2v) is 9.93. The highest BCUT2D eigenvalue weighted by atomic mass is 32.2. The van der Waals surface area contributed by atoms with E-state index in [0.29, 0.717) is 24.1 Å². The highest BCUT2D eigenvalue weighted by Gasteiger charge is 2.42. The van der Waals surface area contributed by atoms with E-state index in [1.807, 2.05) is 6.92 Å². The number of hydrogen-bond acceptors (Lipinski definition) is 4. The normalized spacial score (nSPS) is 24.4. The molecular weight excluding hydrogens is 390 g/mol. The van der Waals surface area contributed by atoms with Crippen LogP contribution in [0.2, 0.25) is 0 Å². The molecule has 29 heavy (non-hydrogen) atoms. The summed E-state index contributed by atoms with van der Waals surface area (Å²) in [6, 6.07) is 7.54. The molecule has 0 aliphatic heterocycles. The number of rotatable bonds is 7. The van der Waals surface area contributed by atoms with Gasteiger partial charge in [-0.1, -0.05) is 6.42 Å². The zero-order chi connectivity index (χ0) is 20.4. The van der Waals surface area contributed by atoms with Crippen molar-refractivity contribution in [3.8, 4) is 0 Å². The van der Waals surface area contributed by atoms with Crippen molar-refractivity contribution in [2.45, 2.75) is 50.1 Å². The minimum atomic E-state index is -3.59. The molecule has 0 unspecified atom stereocenters. The number of fused-ring (bicyclic) bond motifs is 2. The van der Waals surface area contributed by atoms with Gasteiger partial charge in [0, 0.05) is 23.8 Å². The summed E-state index contributed by atoms with van der Waals surface area (Å²) in [5.74, 6) is 1.87. The number of amides is 2. The fraction of sp³-hybridized carbons (Fsp3) is 0.476. The molecule has 1 heterocycles. The van der Waals surface area contributed by atoms with Gasteiger partial charge in [0.1, 0.15) is 0 Å². The molecule has 2 aliphatic carbocycles. The maximum atomic E-state index is 12.8. The van der Waals surface area contributed by atoms with Crippen LogP contribution >= 0.6 is 0 Å². The van der Waals surface area contributed by atoms with Crippen molar-refractivity contribution in [3.05, 3.63) is 48.4 Å². The summed E-state index contributed by atoms with van der Waals surface area (Å²) in [6.07, 6.45) is 8.00. The van der Waals surface area contributed by atoms with Gasteiger partial charge in [-0.25, -0.2) is 17.9 Å². The van der Waals surface area contributed by atoms with Crippen molar-refractivity contribution in [2.24, 2.45) is 17.8 Å². The summed E-state index contributed by atoms with van der Waals surface area (Å²) >= 11 is 0. The van der Waals surface area contributed by atoms with Gasteiger partial charge in [0.2, 0.25) is 10.0 Å². The summed E-state index contributed by atoms with van der Waals surface area (Å²) < 4.78 is 33.3. The molecule has 1 aromatic carbocycles. The van der Waals surface area contributed by atoms with E-state index in [0.717, 1.165) is 17.9 Å². The lowest BCUT2D eigenvalue weighted by Gasteiger charge is -2.28. The SMILES string of the molecule is C[C@@H](NS(=O)(=O)c1ccc(NC(=O)NCc2ccoc2)cc1)[C@H]1C[C@H]2CC[C@H]1C2. The molecule has 2 aliphatic rings. The molecule has 0 spiro atoms. The van der Waals surface area contributed by atoms with Crippen LogP contribution in [0.5, 0.6) is 0 Å². The Morgan fingerprint density at radius 3 is 2.59 bits per heavy atom. The first-order chi connectivity index (χ1) is 13.9. The van der Waals surface area contributed by atoms with Crippen LogP contribution in [-0.2, 0) is 16.6 Å². The monoisotopic (exact) mass is 417 g/mol. The number of hydrogen-bond donors (Lipinski definition) is 3. The molecule has 1 aromatic heterocycles. The third-order valence-corrected chi connectivity index (χ3v) is 7.81. The van der Waals surface area contributed by atoms with Crippen LogP contribution in [0.15, 0.2) is 52.2 Å². The molecule has 156 valence electrons. The van der Waals surface area contributed by atoms with Crippen LogP contribution < -0.4 is 15.4 Å². The van der Waals surface area contributed by atoms with E-state index in [4.69, 9.17) is 4.42 Å². The molecule has 0 saturated heterocycles. The average Bonchev–Trinajstić information content (AvgIpc) is 3.44. The standard InChI is InChI=1S/C21H27N3O4S/c1-14(20-11-15-2-3-17(20)10-15)24-29(26,27)19-6-4-18(5-7-19)23-21(25)22-12-16-8-9-28-13-16/h4-9,13-15,17,20,24H,2-3,10-12H2,1H3,(H2,22,23,25)/t14-,15+,17+,20-/m1/s1.